The maximum Gasteiger partial charge on any atom is 0.160 e. The summed E-state index contributed by atoms with van der Waals surface area (Å²) in [6.07, 6.45) is 0. The number of aryl methyl sites for hydroxylation is 4. The molecule has 0 aliphatic carbocycles. The number of fused-ring (bicyclic) bond motifs is 3. The molecule has 0 amide bonds. The van der Waals surface area contributed by atoms with Crippen molar-refractivity contribution >= 4 is 38.9 Å². The lowest BCUT2D eigenvalue weighted by Crippen LogP contribution is -2.09. The average molecular weight is 849 g/mol. The van der Waals surface area contributed by atoms with Crippen LogP contribution in [0.5, 0.6) is 0 Å². The van der Waals surface area contributed by atoms with Crippen LogP contribution >= 0.6 is 0 Å². The van der Waals surface area contributed by atoms with E-state index in [-0.39, 0.29) is 0 Å². The molecule has 0 atom stereocenters. The molecule has 316 valence electrons. The van der Waals surface area contributed by atoms with Gasteiger partial charge in [0.05, 0.1) is 22.4 Å². The minimum atomic E-state index is 0.745. The number of rotatable bonds is 9. The van der Waals surface area contributed by atoms with Crippen LogP contribution in [0.15, 0.2) is 218 Å². The maximum absolute atomic E-state index is 5.23. The van der Waals surface area contributed by atoms with Crippen molar-refractivity contribution in [1.29, 1.82) is 0 Å². The number of hydrogen-bond donors (Lipinski definition) is 0. The lowest BCUT2D eigenvalue weighted by Gasteiger charge is -2.25. The standard InChI is InChI=1S/C62H48N4/c1-41-17-11-13-23-53(41)57-40-58(64-62(63-57)54-24-14-12-18-42(54)2)61-43(3)37-48(38-44(61)4)47-29-27-45(28-30-47)46-31-33-51(34-32-46)66-59-26-16-15-25-55(59)56-39-52(35-36-60(56)66)65(49-19-7-5-8-20-49)50-21-9-6-10-22-50/h5-40H,1-4H3. The van der Waals surface area contributed by atoms with E-state index in [2.05, 4.69) is 256 Å². The molecule has 4 nitrogen and oxygen atoms in total. The van der Waals surface area contributed by atoms with Crippen LogP contribution in [0.2, 0.25) is 0 Å². The van der Waals surface area contributed by atoms with Crippen molar-refractivity contribution in [1.82, 2.24) is 14.5 Å². The summed E-state index contributed by atoms with van der Waals surface area (Å²) < 4.78 is 2.39. The Morgan fingerprint density at radius 2 is 0.848 bits per heavy atom. The quantitative estimate of drug-likeness (QED) is 0.145. The first kappa shape index (κ1) is 40.4. The minimum Gasteiger partial charge on any atom is -0.310 e. The molecule has 0 N–H and O–H groups in total. The Kier molecular flexibility index (Phi) is 10.4. The molecule has 0 bridgehead atoms. The fraction of sp³-hybridized carbons (Fsp3) is 0.0645. The molecule has 0 radical (unpaired) electrons. The van der Waals surface area contributed by atoms with E-state index < -0.39 is 0 Å². The van der Waals surface area contributed by atoms with Gasteiger partial charge in [-0.05, 0) is 139 Å². The van der Waals surface area contributed by atoms with Crippen molar-refractivity contribution in [2.24, 2.45) is 0 Å². The Labute approximate surface area is 386 Å². The summed E-state index contributed by atoms with van der Waals surface area (Å²) in [4.78, 5) is 12.7. The third kappa shape index (κ3) is 7.42. The van der Waals surface area contributed by atoms with E-state index in [4.69, 9.17) is 9.97 Å². The van der Waals surface area contributed by atoms with Crippen LogP contribution in [-0.2, 0) is 0 Å². The van der Waals surface area contributed by atoms with Gasteiger partial charge in [0.25, 0.3) is 0 Å². The normalized spacial score (nSPS) is 11.3. The fourth-order valence-corrected chi connectivity index (χ4v) is 9.69. The van der Waals surface area contributed by atoms with Gasteiger partial charge < -0.3 is 9.47 Å². The molecular formula is C62H48N4. The topological polar surface area (TPSA) is 34.0 Å². The summed E-state index contributed by atoms with van der Waals surface area (Å²) in [6.45, 7) is 8.67. The van der Waals surface area contributed by atoms with Crippen molar-refractivity contribution in [2.45, 2.75) is 27.7 Å². The summed E-state index contributed by atoms with van der Waals surface area (Å²) in [5, 5.41) is 2.44. The van der Waals surface area contributed by atoms with E-state index >= 15 is 0 Å². The highest BCUT2D eigenvalue weighted by atomic mass is 15.1. The Morgan fingerprint density at radius 1 is 0.348 bits per heavy atom. The van der Waals surface area contributed by atoms with Gasteiger partial charge in [0.2, 0.25) is 0 Å². The molecular weight excluding hydrogens is 801 g/mol. The second-order valence-corrected chi connectivity index (χ2v) is 17.3. The van der Waals surface area contributed by atoms with E-state index in [1.165, 1.54) is 60.8 Å². The largest absolute Gasteiger partial charge is 0.310 e. The lowest BCUT2D eigenvalue weighted by atomic mass is 9.92. The van der Waals surface area contributed by atoms with Crippen LogP contribution in [0.25, 0.3) is 83.6 Å². The summed E-state index contributed by atoms with van der Waals surface area (Å²) in [5.74, 6) is 0.745. The molecule has 0 saturated heterocycles. The number of anilines is 3. The zero-order valence-corrected chi connectivity index (χ0v) is 37.6. The van der Waals surface area contributed by atoms with Gasteiger partial charge in [-0.1, -0.05) is 152 Å². The zero-order valence-electron chi connectivity index (χ0n) is 37.6. The second kappa shape index (κ2) is 17.0. The van der Waals surface area contributed by atoms with Crippen LogP contribution in [0.1, 0.15) is 22.3 Å². The van der Waals surface area contributed by atoms with Gasteiger partial charge in [-0.15, -0.1) is 0 Å². The smallest absolute Gasteiger partial charge is 0.160 e. The SMILES string of the molecule is Cc1ccccc1-c1cc(-c2c(C)cc(-c3ccc(-c4ccc(-n5c6ccccc6c6cc(N(c7ccccc7)c7ccccc7)ccc65)cc4)cc3)cc2C)nc(-c2ccccc2C)n1. The van der Waals surface area contributed by atoms with Crippen molar-refractivity contribution in [2.75, 3.05) is 4.90 Å². The predicted molar refractivity (Wildman–Crippen MR) is 277 cm³/mol. The van der Waals surface area contributed by atoms with E-state index in [1.807, 2.05) is 0 Å². The first-order valence-corrected chi connectivity index (χ1v) is 22.7. The average Bonchev–Trinajstić information content (AvgIpc) is 3.68. The molecule has 2 heterocycles. The van der Waals surface area contributed by atoms with Gasteiger partial charge in [0.1, 0.15) is 0 Å². The summed E-state index contributed by atoms with van der Waals surface area (Å²) >= 11 is 0. The molecule has 0 aliphatic rings. The minimum absolute atomic E-state index is 0.745. The molecule has 66 heavy (non-hydrogen) atoms. The molecule has 11 rings (SSSR count). The van der Waals surface area contributed by atoms with Gasteiger partial charge in [-0.3, -0.25) is 0 Å². The molecule has 9 aromatic carbocycles. The highest BCUT2D eigenvalue weighted by molar-refractivity contribution is 6.10. The van der Waals surface area contributed by atoms with Gasteiger partial charge in [0.15, 0.2) is 5.82 Å². The summed E-state index contributed by atoms with van der Waals surface area (Å²) in [7, 11) is 0. The first-order chi connectivity index (χ1) is 32.4. The predicted octanol–water partition coefficient (Wildman–Crippen LogP) is 16.6. The Bertz CT molecular complexity index is 3430. The highest BCUT2D eigenvalue weighted by Gasteiger charge is 2.19. The van der Waals surface area contributed by atoms with Crippen LogP contribution in [0.4, 0.5) is 17.1 Å². The number of benzene rings is 9. The van der Waals surface area contributed by atoms with E-state index in [0.29, 0.717) is 0 Å². The monoisotopic (exact) mass is 848 g/mol. The lowest BCUT2D eigenvalue weighted by molar-refractivity contribution is 1.16. The Hall–Kier alpha value is -8.34. The fourth-order valence-electron chi connectivity index (χ4n) is 9.69. The van der Waals surface area contributed by atoms with Gasteiger partial charge in [-0.2, -0.15) is 0 Å². The molecule has 0 aliphatic heterocycles. The highest BCUT2D eigenvalue weighted by Crippen LogP contribution is 2.41. The van der Waals surface area contributed by atoms with Gasteiger partial charge in [0, 0.05) is 50.2 Å². The van der Waals surface area contributed by atoms with Crippen LogP contribution < -0.4 is 4.90 Å². The Morgan fingerprint density at radius 3 is 1.47 bits per heavy atom. The van der Waals surface area contributed by atoms with Crippen molar-refractivity contribution in [3.05, 3.63) is 241 Å². The number of para-hydroxylation sites is 3. The molecule has 0 unspecified atom stereocenters. The maximum atomic E-state index is 5.23. The van der Waals surface area contributed by atoms with E-state index in [1.54, 1.807) is 0 Å². The second-order valence-electron chi connectivity index (χ2n) is 17.3. The van der Waals surface area contributed by atoms with Gasteiger partial charge >= 0.3 is 0 Å². The molecule has 2 aromatic heterocycles. The third-order valence-corrected chi connectivity index (χ3v) is 12.9. The summed E-state index contributed by atoms with van der Waals surface area (Å²) in [6, 6.07) is 78.3. The molecule has 0 spiro atoms. The molecule has 11 aromatic rings. The van der Waals surface area contributed by atoms with Crippen LogP contribution in [0.3, 0.4) is 0 Å². The summed E-state index contributed by atoms with van der Waals surface area (Å²) in [5.41, 5.74) is 21.5. The Balaban J connectivity index is 0.900. The van der Waals surface area contributed by atoms with E-state index in [9.17, 15) is 0 Å². The zero-order chi connectivity index (χ0) is 44.7. The third-order valence-electron chi connectivity index (χ3n) is 12.9. The number of hydrogen-bond acceptors (Lipinski definition) is 3. The first-order valence-electron chi connectivity index (χ1n) is 22.7. The van der Waals surface area contributed by atoms with Crippen LogP contribution in [0, 0.1) is 27.7 Å². The molecule has 4 heteroatoms. The van der Waals surface area contributed by atoms with Crippen molar-refractivity contribution in [3.63, 3.8) is 0 Å². The van der Waals surface area contributed by atoms with Gasteiger partial charge in [-0.25, -0.2) is 9.97 Å². The van der Waals surface area contributed by atoms with E-state index in [0.717, 1.165) is 62.2 Å². The number of aromatic nitrogens is 3. The van der Waals surface area contributed by atoms with Crippen LogP contribution in [-0.4, -0.2) is 14.5 Å². The number of nitrogens with zero attached hydrogens (tertiary/aromatic N) is 4. The molecule has 0 fully saturated rings. The van der Waals surface area contributed by atoms with Crippen molar-refractivity contribution in [3.8, 4) is 61.8 Å². The molecule has 0 saturated carbocycles. The van der Waals surface area contributed by atoms with Crippen molar-refractivity contribution < 1.29 is 0 Å².